The first kappa shape index (κ1) is 23.6. The highest BCUT2D eigenvalue weighted by atomic mass is 16.5. The smallest absolute Gasteiger partial charge is 0.306 e. The van der Waals surface area contributed by atoms with Crippen molar-refractivity contribution in [1.82, 2.24) is 4.90 Å². The fraction of sp³-hybridized carbons (Fsp3) is 0.440. The summed E-state index contributed by atoms with van der Waals surface area (Å²) in [5.74, 6) is -1.48. The molecule has 5 heteroatoms. The number of hydrogen-bond acceptors (Lipinski definition) is 4. The molecule has 0 fully saturated rings. The molecule has 0 amide bonds. The lowest BCUT2D eigenvalue weighted by atomic mass is 9.66. The molecule has 0 heterocycles. The Morgan fingerprint density at radius 1 is 0.967 bits per heavy atom. The van der Waals surface area contributed by atoms with Crippen LogP contribution >= 0.6 is 0 Å². The van der Waals surface area contributed by atoms with Crippen molar-refractivity contribution in [2.45, 2.75) is 57.1 Å². The highest BCUT2D eigenvalue weighted by Crippen LogP contribution is 2.43. The van der Waals surface area contributed by atoms with Gasteiger partial charge in [0.05, 0.1) is 18.3 Å². The van der Waals surface area contributed by atoms with Gasteiger partial charge in [0.2, 0.25) is 0 Å². The number of carbonyl (C=O) groups excluding carboxylic acids is 1. The van der Waals surface area contributed by atoms with E-state index < -0.39 is 23.5 Å². The second kappa shape index (κ2) is 10.9. The van der Waals surface area contributed by atoms with Crippen LogP contribution in [0.2, 0.25) is 0 Å². The van der Waals surface area contributed by atoms with Gasteiger partial charge in [-0.3, -0.25) is 9.59 Å². The molecule has 1 N–H and O–H groups in total. The van der Waals surface area contributed by atoms with Gasteiger partial charge in [0.1, 0.15) is 6.10 Å². The van der Waals surface area contributed by atoms with Crippen LogP contribution in [0.1, 0.15) is 50.7 Å². The monoisotopic (exact) mass is 411 g/mol. The summed E-state index contributed by atoms with van der Waals surface area (Å²) in [6.07, 6.45) is 0.578. The zero-order valence-electron chi connectivity index (χ0n) is 18.4. The summed E-state index contributed by atoms with van der Waals surface area (Å²) in [5.41, 5.74) is 1.62. The highest BCUT2D eigenvalue weighted by molar-refractivity contribution is 5.76. The molecule has 5 nitrogen and oxygen atoms in total. The molecule has 0 saturated carbocycles. The number of carbonyl (C=O) groups is 2. The number of rotatable bonds is 11. The van der Waals surface area contributed by atoms with Crippen molar-refractivity contribution < 1.29 is 19.4 Å². The summed E-state index contributed by atoms with van der Waals surface area (Å²) in [5, 5.41) is 8.94. The maximum atomic E-state index is 12.5. The summed E-state index contributed by atoms with van der Waals surface area (Å²) in [6, 6.07) is 20.6. The Morgan fingerprint density at radius 3 is 1.87 bits per heavy atom. The van der Waals surface area contributed by atoms with Gasteiger partial charge in [-0.15, -0.1) is 0 Å². The molecule has 30 heavy (non-hydrogen) atoms. The van der Waals surface area contributed by atoms with Gasteiger partial charge in [-0.25, -0.2) is 0 Å². The van der Waals surface area contributed by atoms with Crippen LogP contribution in [0.3, 0.4) is 0 Å². The van der Waals surface area contributed by atoms with Crippen molar-refractivity contribution >= 4 is 11.9 Å². The molecule has 0 aromatic heterocycles. The first-order valence-electron chi connectivity index (χ1n) is 10.5. The molecule has 0 aliphatic carbocycles. The van der Waals surface area contributed by atoms with E-state index in [0.29, 0.717) is 6.42 Å². The van der Waals surface area contributed by atoms with Crippen molar-refractivity contribution in [3.05, 3.63) is 71.8 Å². The highest BCUT2D eigenvalue weighted by Gasteiger charge is 2.44. The lowest BCUT2D eigenvalue weighted by molar-refractivity contribution is -0.155. The van der Waals surface area contributed by atoms with E-state index in [2.05, 4.69) is 36.1 Å². The second-order valence-corrected chi connectivity index (χ2v) is 8.00. The number of esters is 1. The Kier molecular flexibility index (Phi) is 8.60. The minimum atomic E-state index is -1.00. The first-order chi connectivity index (χ1) is 14.3. The Hall–Kier alpha value is -2.66. The number of carboxylic acid groups (broad SMARTS) is 1. The van der Waals surface area contributed by atoms with Crippen LogP contribution in [-0.2, 0) is 19.7 Å². The quantitative estimate of drug-likeness (QED) is 0.552. The SMILES string of the molecule is CCC(OC(=O)CCC(=O)O)C(CC(C)N(C)C)(c1ccccc1)c1ccccc1. The molecule has 2 rings (SSSR count). The zero-order valence-corrected chi connectivity index (χ0v) is 18.4. The van der Waals surface area contributed by atoms with Crippen molar-refractivity contribution in [3.63, 3.8) is 0 Å². The van der Waals surface area contributed by atoms with Crippen LogP contribution in [0.4, 0.5) is 0 Å². The molecule has 0 aliphatic rings. The largest absolute Gasteiger partial charge is 0.481 e. The summed E-state index contributed by atoms with van der Waals surface area (Å²) in [7, 11) is 4.09. The molecule has 0 radical (unpaired) electrons. The molecule has 2 aromatic carbocycles. The number of carboxylic acids is 1. The fourth-order valence-electron chi connectivity index (χ4n) is 3.98. The standard InChI is InChI=1S/C25H33NO4/c1-5-22(30-24(29)17-16-23(27)28)25(18-19(2)26(3)4,20-12-8-6-9-13-20)21-14-10-7-11-15-21/h6-15,19,22H,5,16-18H2,1-4H3,(H,27,28). The Balaban J connectivity index is 2.59. The van der Waals surface area contributed by atoms with Crippen molar-refractivity contribution in [2.24, 2.45) is 0 Å². The van der Waals surface area contributed by atoms with E-state index in [9.17, 15) is 9.59 Å². The number of nitrogens with zero attached hydrogens (tertiary/aromatic N) is 1. The lowest BCUT2D eigenvalue weighted by Crippen LogP contribution is -2.47. The lowest BCUT2D eigenvalue weighted by Gasteiger charge is -2.43. The van der Waals surface area contributed by atoms with E-state index in [0.717, 1.165) is 17.5 Å². The zero-order chi connectivity index (χ0) is 22.1. The minimum absolute atomic E-state index is 0.130. The van der Waals surface area contributed by atoms with Crippen LogP contribution in [0.25, 0.3) is 0 Å². The van der Waals surface area contributed by atoms with E-state index in [1.165, 1.54) is 0 Å². The number of hydrogen-bond donors (Lipinski definition) is 1. The topological polar surface area (TPSA) is 66.8 Å². The van der Waals surface area contributed by atoms with E-state index in [-0.39, 0.29) is 18.9 Å². The molecule has 2 aromatic rings. The third kappa shape index (κ3) is 5.70. The average Bonchev–Trinajstić information content (AvgIpc) is 2.75. The summed E-state index contributed by atoms with van der Waals surface area (Å²) < 4.78 is 5.98. The van der Waals surface area contributed by atoms with E-state index >= 15 is 0 Å². The molecule has 0 bridgehead atoms. The molecule has 2 atom stereocenters. The van der Waals surface area contributed by atoms with Gasteiger partial charge in [0, 0.05) is 6.04 Å². The van der Waals surface area contributed by atoms with Gasteiger partial charge in [0.25, 0.3) is 0 Å². The first-order valence-corrected chi connectivity index (χ1v) is 10.5. The van der Waals surface area contributed by atoms with E-state index in [4.69, 9.17) is 9.84 Å². The molecule has 2 unspecified atom stereocenters. The molecule has 0 spiro atoms. The van der Waals surface area contributed by atoms with Crippen molar-refractivity contribution in [3.8, 4) is 0 Å². The Labute approximate surface area is 179 Å². The third-order valence-electron chi connectivity index (χ3n) is 5.81. The number of benzene rings is 2. The average molecular weight is 412 g/mol. The third-order valence-corrected chi connectivity index (χ3v) is 5.81. The van der Waals surface area contributed by atoms with E-state index in [1.54, 1.807) is 0 Å². The van der Waals surface area contributed by atoms with Crippen LogP contribution in [0.5, 0.6) is 0 Å². The van der Waals surface area contributed by atoms with Crippen molar-refractivity contribution in [1.29, 1.82) is 0 Å². The van der Waals surface area contributed by atoms with Gasteiger partial charge in [-0.2, -0.15) is 0 Å². The van der Waals surface area contributed by atoms with Crippen LogP contribution in [0.15, 0.2) is 60.7 Å². The predicted octanol–water partition coefficient (Wildman–Crippen LogP) is 4.50. The van der Waals surface area contributed by atoms with E-state index in [1.807, 2.05) is 57.4 Å². The fourth-order valence-corrected chi connectivity index (χ4v) is 3.98. The summed E-state index contributed by atoms with van der Waals surface area (Å²) in [6.45, 7) is 4.18. The van der Waals surface area contributed by atoms with Gasteiger partial charge in [0.15, 0.2) is 0 Å². The summed E-state index contributed by atoms with van der Waals surface area (Å²) >= 11 is 0. The normalized spacial score (nSPS) is 13.6. The second-order valence-electron chi connectivity index (χ2n) is 8.00. The summed E-state index contributed by atoms with van der Waals surface area (Å²) in [4.78, 5) is 25.6. The predicted molar refractivity (Wildman–Crippen MR) is 118 cm³/mol. The Morgan fingerprint density at radius 2 is 1.47 bits per heavy atom. The maximum absolute atomic E-state index is 12.5. The van der Waals surface area contributed by atoms with Crippen LogP contribution < -0.4 is 0 Å². The maximum Gasteiger partial charge on any atom is 0.306 e. The molecule has 0 saturated heterocycles. The van der Waals surface area contributed by atoms with Gasteiger partial charge in [-0.05, 0) is 45.0 Å². The van der Waals surface area contributed by atoms with Crippen LogP contribution in [-0.4, -0.2) is 48.2 Å². The molecule has 162 valence electrons. The number of aliphatic carboxylic acids is 1. The minimum Gasteiger partial charge on any atom is -0.481 e. The van der Waals surface area contributed by atoms with Gasteiger partial charge >= 0.3 is 11.9 Å². The Bertz CT molecular complexity index is 765. The van der Waals surface area contributed by atoms with Gasteiger partial charge in [-0.1, -0.05) is 67.6 Å². The van der Waals surface area contributed by atoms with Crippen molar-refractivity contribution in [2.75, 3.05) is 14.1 Å². The molecular weight excluding hydrogens is 378 g/mol. The molecule has 0 aliphatic heterocycles. The number of ether oxygens (including phenoxy) is 1. The molecular formula is C25H33NO4. The van der Waals surface area contributed by atoms with Gasteiger partial charge < -0.3 is 14.7 Å². The van der Waals surface area contributed by atoms with Crippen LogP contribution in [0, 0.1) is 0 Å².